The third-order valence-corrected chi connectivity index (χ3v) is 4.18. The summed E-state index contributed by atoms with van der Waals surface area (Å²) < 4.78 is 14.2. The number of benzene rings is 1. The van der Waals surface area contributed by atoms with Crippen molar-refractivity contribution in [2.45, 2.75) is 32.2 Å². The molecular weight excluding hydrogens is 273 g/mol. The molecule has 0 spiro atoms. The zero-order valence-electron chi connectivity index (χ0n) is 9.19. The molecule has 1 aliphatic rings. The van der Waals surface area contributed by atoms with Crippen molar-refractivity contribution in [2.75, 3.05) is 6.54 Å². The molecule has 2 rings (SSSR count). The summed E-state index contributed by atoms with van der Waals surface area (Å²) in [7, 11) is 0. The van der Waals surface area contributed by atoms with Gasteiger partial charge < -0.3 is 10.4 Å². The van der Waals surface area contributed by atoms with Gasteiger partial charge in [0, 0.05) is 16.1 Å². The van der Waals surface area contributed by atoms with Gasteiger partial charge in [0.15, 0.2) is 11.6 Å². The van der Waals surface area contributed by atoms with Crippen LogP contribution in [0.5, 0.6) is 5.75 Å². The molecule has 1 atom stereocenters. The number of hydrogen-bond acceptors (Lipinski definition) is 2. The second-order valence-corrected chi connectivity index (χ2v) is 5.11. The average Bonchev–Trinajstić information content (AvgIpc) is 2.74. The molecule has 4 heteroatoms. The summed E-state index contributed by atoms with van der Waals surface area (Å²) in [5.74, 6) is -0.750. The van der Waals surface area contributed by atoms with Crippen molar-refractivity contribution in [1.29, 1.82) is 0 Å². The number of hydrogen-bond donors (Lipinski definition) is 2. The Hall–Kier alpha value is -0.610. The smallest absolute Gasteiger partial charge is 0.165 e. The molecular formula is C12H15BrFNO. The summed E-state index contributed by atoms with van der Waals surface area (Å²) in [5, 5.41) is 13.1. The van der Waals surface area contributed by atoms with Gasteiger partial charge in [0.25, 0.3) is 0 Å². The maximum Gasteiger partial charge on any atom is 0.165 e. The molecule has 1 aromatic rings. The molecule has 2 nitrogen and oxygen atoms in total. The minimum Gasteiger partial charge on any atom is -0.505 e. The second-order valence-electron chi connectivity index (χ2n) is 4.31. The van der Waals surface area contributed by atoms with Crippen LogP contribution in [0.3, 0.4) is 0 Å². The monoisotopic (exact) mass is 287 g/mol. The van der Waals surface area contributed by atoms with Crippen LogP contribution in [0.15, 0.2) is 10.5 Å². The van der Waals surface area contributed by atoms with Crippen LogP contribution in [0.4, 0.5) is 4.39 Å². The Bertz CT molecular complexity index is 376. The van der Waals surface area contributed by atoms with E-state index in [9.17, 15) is 9.50 Å². The van der Waals surface area contributed by atoms with Gasteiger partial charge in [-0.15, -0.1) is 0 Å². The molecule has 1 unspecified atom stereocenters. The molecule has 2 N–H and O–H groups in total. The standard InChI is InChI=1S/C12H15BrFNO/c1-7-5-10(14)12(16)9(11(7)13)6-8-3-2-4-15-8/h5,8,15-16H,2-4,6H2,1H3. The fraction of sp³-hybridized carbons (Fsp3) is 0.500. The first-order valence-corrected chi connectivity index (χ1v) is 6.28. The van der Waals surface area contributed by atoms with Gasteiger partial charge in [0.1, 0.15) is 0 Å². The quantitative estimate of drug-likeness (QED) is 0.877. The first-order valence-electron chi connectivity index (χ1n) is 5.49. The van der Waals surface area contributed by atoms with Crippen LogP contribution in [-0.2, 0) is 6.42 Å². The van der Waals surface area contributed by atoms with E-state index in [4.69, 9.17) is 0 Å². The number of aryl methyl sites for hydroxylation is 1. The number of phenols is 1. The Morgan fingerprint density at radius 2 is 2.38 bits per heavy atom. The molecule has 0 saturated carbocycles. The van der Waals surface area contributed by atoms with Gasteiger partial charge in [-0.3, -0.25) is 0 Å². The molecule has 1 heterocycles. The normalized spacial score (nSPS) is 20.3. The number of aromatic hydroxyl groups is 1. The zero-order chi connectivity index (χ0) is 11.7. The van der Waals surface area contributed by atoms with Crippen LogP contribution in [0.25, 0.3) is 0 Å². The van der Waals surface area contributed by atoms with Crippen molar-refractivity contribution in [3.63, 3.8) is 0 Å². The molecule has 1 aliphatic heterocycles. The average molecular weight is 288 g/mol. The molecule has 1 saturated heterocycles. The molecule has 1 aromatic carbocycles. The van der Waals surface area contributed by atoms with Crippen LogP contribution >= 0.6 is 15.9 Å². The van der Waals surface area contributed by atoms with Gasteiger partial charge in [0.2, 0.25) is 0 Å². The van der Waals surface area contributed by atoms with Crippen molar-refractivity contribution in [1.82, 2.24) is 5.32 Å². The zero-order valence-corrected chi connectivity index (χ0v) is 10.8. The number of phenolic OH excluding ortho intramolecular Hbond substituents is 1. The summed E-state index contributed by atoms with van der Waals surface area (Å²) in [4.78, 5) is 0. The van der Waals surface area contributed by atoms with Crippen molar-refractivity contribution in [3.05, 3.63) is 27.5 Å². The maximum absolute atomic E-state index is 13.4. The van der Waals surface area contributed by atoms with E-state index in [1.807, 2.05) is 6.92 Å². The number of rotatable bonds is 2. The molecule has 0 aromatic heterocycles. The first-order chi connectivity index (χ1) is 7.59. The van der Waals surface area contributed by atoms with Crippen molar-refractivity contribution >= 4 is 15.9 Å². The Morgan fingerprint density at radius 3 is 3.00 bits per heavy atom. The van der Waals surface area contributed by atoms with Gasteiger partial charge in [0.05, 0.1) is 0 Å². The predicted octanol–water partition coefficient (Wildman–Crippen LogP) is 2.90. The summed E-state index contributed by atoms with van der Waals surface area (Å²) in [5.41, 5.74) is 1.50. The van der Waals surface area contributed by atoms with E-state index in [1.165, 1.54) is 6.07 Å². The lowest BCUT2D eigenvalue weighted by molar-refractivity contribution is 0.420. The van der Waals surface area contributed by atoms with Gasteiger partial charge in [-0.25, -0.2) is 4.39 Å². The summed E-state index contributed by atoms with van der Waals surface area (Å²) in [6.45, 7) is 2.84. The number of halogens is 2. The Kier molecular flexibility index (Phi) is 3.50. The van der Waals surface area contributed by atoms with E-state index < -0.39 is 5.82 Å². The maximum atomic E-state index is 13.4. The molecule has 1 fully saturated rings. The first kappa shape index (κ1) is 11.9. The van der Waals surface area contributed by atoms with Crippen LogP contribution in [0.1, 0.15) is 24.0 Å². The van der Waals surface area contributed by atoms with Gasteiger partial charge in [-0.2, -0.15) is 0 Å². The lowest BCUT2D eigenvalue weighted by Crippen LogP contribution is -2.24. The summed E-state index contributed by atoms with van der Waals surface area (Å²) in [6, 6.07) is 1.70. The van der Waals surface area contributed by atoms with E-state index in [0.717, 1.165) is 29.4 Å². The lowest BCUT2D eigenvalue weighted by Gasteiger charge is -2.15. The molecule has 88 valence electrons. The van der Waals surface area contributed by atoms with Crippen LogP contribution in [0.2, 0.25) is 0 Å². The van der Waals surface area contributed by atoms with Crippen molar-refractivity contribution in [2.24, 2.45) is 0 Å². The van der Waals surface area contributed by atoms with Crippen LogP contribution in [0, 0.1) is 12.7 Å². The molecule has 0 radical (unpaired) electrons. The fourth-order valence-corrected chi connectivity index (χ4v) is 2.64. The largest absolute Gasteiger partial charge is 0.505 e. The molecule has 16 heavy (non-hydrogen) atoms. The highest BCUT2D eigenvalue weighted by Crippen LogP contribution is 2.33. The molecule has 0 amide bonds. The van der Waals surface area contributed by atoms with Gasteiger partial charge >= 0.3 is 0 Å². The molecule has 0 bridgehead atoms. The Labute approximate surface area is 103 Å². The van der Waals surface area contributed by atoms with Crippen LogP contribution in [-0.4, -0.2) is 17.7 Å². The van der Waals surface area contributed by atoms with E-state index in [1.54, 1.807) is 0 Å². The minimum atomic E-state index is -0.534. The highest BCUT2D eigenvalue weighted by molar-refractivity contribution is 9.10. The molecule has 0 aliphatic carbocycles. The predicted molar refractivity (Wildman–Crippen MR) is 65.2 cm³/mol. The van der Waals surface area contributed by atoms with E-state index in [-0.39, 0.29) is 5.75 Å². The number of nitrogens with one attached hydrogen (secondary N) is 1. The van der Waals surface area contributed by atoms with E-state index in [2.05, 4.69) is 21.2 Å². The highest BCUT2D eigenvalue weighted by atomic mass is 79.9. The third-order valence-electron chi connectivity index (χ3n) is 3.08. The van der Waals surface area contributed by atoms with Crippen LogP contribution < -0.4 is 5.32 Å². The SMILES string of the molecule is Cc1cc(F)c(O)c(CC2CCCN2)c1Br. The van der Waals surface area contributed by atoms with Crippen molar-refractivity contribution in [3.8, 4) is 5.75 Å². The fourth-order valence-electron chi connectivity index (χ4n) is 2.17. The lowest BCUT2D eigenvalue weighted by atomic mass is 10.0. The summed E-state index contributed by atoms with van der Waals surface area (Å²) >= 11 is 3.42. The van der Waals surface area contributed by atoms with Crippen molar-refractivity contribution < 1.29 is 9.50 Å². The van der Waals surface area contributed by atoms with E-state index >= 15 is 0 Å². The Balaban J connectivity index is 2.31. The summed E-state index contributed by atoms with van der Waals surface area (Å²) in [6.07, 6.45) is 2.91. The van der Waals surface area contributed by atoms with E-state index in [0.29, 0.717) is 18.0 Å². The topological polar surface area (TPSA) is 32.3 Å². The third kappa shape index (κ3) is 2.23. The van der Waals surface area contributed by atoms with Gasteiger partial charge in [-0.1, -0.05) is 15.9 Å². The second kappa shape index (κ2) is 4.72. The minimum absolute atomic E-state index is 0.217. The van der Waals surface area contributed by atoms with Gasteiger partial charge in [-0.05, 0) is 44.4 Å². The highest BCUT2D eigenvalue weighted by Gasteiger charge is 2.20. The Morgan fingerprint density at radius 1 is 1.62 bits per heavy atom.